The lowest BCUT2D eigenvalue weighted by Crippen LogP contribution is -2.37. The Balaban J connectivity index is 1.58. The monoisotopic (exact) mass is 279 g/mol. The highest BCUT2D eigenvalue weighted by Gasteiger charge is 2.17. The minimum atomic E-state index is 1.02. The van der Waals surface area contributed by atoms with Gasteiger partial charge in [0.1, 0.15) is 0 Å². The molecule has 0 N–H and O–H groups in total. The number of hydrogen-bond donors (Lipinski definition) is 0. The third-order valence-electron chi connectivity index (χ3n) is 4.61. The molecule has 0 atom stereocenters. The van der Waals surface area contributed by atoms with Gasteiger partial charge in [-0.05, 0) is 43.5 Å². The van der Waals surface area contributed by atoms with E-state index in [0.717, 1.165) is 18.8 Å². The Morgan fingerprint density at radius 3 is 2.57 bits per heavy atom. The fourth-order valence-corrected chi connectivity index (χ4v) is 3.45. The molecular weight excluding hydrogens is 258 g/mol. The molecule has 2 heterocycles. The van der Waals surface area contributed by atoms with Crippen molar-refractivity contribution in [2.24, 2.45) is 4.99 Å². The molecule has 0 radical (unpaired) electrons. The van der Waals surface area contributed by atoms with E-state index < -0.39 is 0 Å². The van der Waals surface area contributed by atoms with Crippen LogP contribution in [0.3, 0.4) is 0 Å². The van der Waals surface area contributed by atoms with Crippen molar-refractivity contribution in [3.63, 3.8) is 0 Å². The molecule has 0 unspecified atom stereocenters. The van der Waals surface area contributed by atoms with Crippen LogP contribution in [-0.4, -0.2) is 37.4 Å². The summed E-state index contributed by atoms with van der Waals surface area (Å²) in [5, 5.41) is 2.57. The topological polar surface area (TPSA) is 18.8 Å². The Hall–Kier alpha value is -1.87. The predicted molar refractivity (Wildman–Crippen MR) is 89.7 cm³/mol. The van der Waals surface area contributed by atoms with Crippen LogP contribution in [0.25, 0.3) is 10.8 Å². The van der Waals surface area contributed by atoms with Crippen molar-refractivity contribution in [3.05, 3.63) is 36.4 Å². The van der Waals surface area contributed by atoms with Gasteiger partial charge < -0.3 is 9.80 Å². The molecule has 0 bridgehead atoms. The number of anilines is 1. The summed E-state index contributed by atoms with van der Waals surface area (Å²) in [4.78, 5) is 9.53. The normalized spacial score (nSPS) is 18.4. The van der Waals surface area contributed by atoms with Gasteiger partial charge >= 0.3 is 0 Å². The molecule has 21 heavy (non-hydrogen) atoms. The Kier molecular flexibility index (Phi) is 3.36. The third-order valence-corrected chi connectivity index (χ3v) is 4.61. The molecule has 1 fully saturated rings. The SMILES string of the molecule is C1=Nc2cccc3cccc(c23)N1CCN1CCCCC1. The van der Waals surface area contributed by atoms with Gasteiger partial charge in [-0.1, -0.05) is 30.7 Å². The van der Waals surface area contributed by atoms with Gasteiger partial charge in [0.15, 0.2) is 0 Å². The van der Waals surface area contributed by atoms with E-state index in [-0.39, 0.29) is 0 Å². The first-order valence-corrected chi connectivity index (χ1v) is 7.97. The van der Waals surface area contributed by atoms with Crippen molar-refractivity contribution in [2.75, 3.05) is 31.1 Å². The van der Waals surface area contributed by atoms with Gasteiger partial charge in [-0.3, -0.25) is 0 Å². The first-order chi connectivity index (χ1) is 10.4. The van der Waals surface area contributed by atoms with Crippen LogP contribution in [0.5, 0.6) is 0 Å². The van der Waals surface area contributed by atoms with Gasteiger partial charge in [-0.15, -0.1) is 0 Å². The standard InChI is InChI=1S/C18H21N3/c1-2-10-20(11-3-1)12-13-21-14-19-16-8-4-6-15-7-5-9-17(21)18(15)16/h4-9,14H,1-3,10-13H2. The summed E-state index contributed by atoms with van der Waals surface area (Å²) < 4.78 is 0. The van der Waals surface area contributed by atoms with E-state index in [1.165, 1.54) is 48.8 Å². The van der Waals surface area contributed by atoms with Crippen LogP contribution in [0.2, 0.25) is 0 Å². The number of nitrogens with zero attached hydrogens (tertiary/aromatic N) is 3. The number of hydrogen-bond acceptors (Lipinski definition) is 3. The van der Waals surface area contributed by atoms with E-state index >= 15 is 0 Å². The van der Waals surface area contributed by atoms with Crippen LogP contribution in [0.15, 0.2) is 41.4 Å². The van der Waals surface area contributed by atoms with Crippen molar-refractivity contribution in [3.8, 4) is 0 Å². The number of piperidine rings is 1. The van der Waals surface area contributed by atoms with E-state index in [1.807, 2.05) is 6.34 Å². The summed E-state index contributed by atoms with van der Waals surface area (Å²) >= 11 is 0. The molecule has 2 aromatic rings. The Labute approximate surface area is 125 Å². The van der Waals surface area contributed by atoms with Gasteiger partial charge in [0, 0.05) is 18.5 Å². The molecule has 2 aliphatic rings. The molecule has 2 aliphatic heterocycles. The van der Waals surface area contributed by atoms with Crippen molar-refractivity contribution in [2.45, 2.75) is 19.3 Å². The average Bonchev–Trinajstić information content (AvgIpc) is 2.56. The van der Waals surface area contributed by atoms with Crippen molar-refractivity contribution in [1.82, 2.24) is 4.90 Å². The summed E-state index contributed by atoms with van der Waals surface area (Å²) in [6.45, 7) is 4.67. The summed E-state index contributed by atoms with van der Waals surface area (Å²) in [7, 11) is 0. The third kappa shape index (κ3) is 2.42. The highest BCUT2D eigenvalue weighted by molar-refractivity contribution is 6.09. The molecule has 0 aromatic heterocycles. The molecule has 108 valence electrons. The predicted octanol–water partition coefficient (Wildman–Crippen LogP) is 3.81. The van der Waals surface area contributed by atoms with Crippen LogP contribution in [-0.2, 0) is 0 Å². The first kappa shape index (κ1) is 12.8. The van der Waals surface area contributed by atoms with Gasteiger partial charge in [-0.2, -0.15) is 0 Å². The largest absolute Gasteiger partial charge is 0.330 e. The van der Waals surface area contributed by atoms with Gasteiger partial charge in [0.25, 0.3) is 0 Å². The van der Waals surface area contributed by atoms with Crippen molar-refractivity contribution in [1.29, 1.82) is 0 Å². The Morgan fingerprint density at radius 2 is 1.71 bits per heavy atom. The lowest BCUT2D eigenvalue weighted by molar-refractivity contribution is 0.235. The molecule has 4 rings (SSSR count). The Bertz CT molecular complexity index is 666. The molecular formula is C18H21N3. The second-order valence-electron chi connectivity index (χ2n) is 5.99. The molecule has 0 spiro atoms. The molecule has 3 heteroatoms. The second kappa shape index (κ2) is 5.49. The molecule has 2 aromatic carbocycles. The number of benzene rings is 2. The lowest BCUT2D eigenvalue weighted by Gasteiger charge is -2.31. The number of aliphatic imine (C=N–C) groups is 1. The molecule has 1 saturated heterocycles. The zero-order valence-corrected chi connectivity index (χ0v) is 12.3. The smallest absolute Gasteiger partial charge is 0.0957 e. The molecule has 0 amide bonds. The van der Waals surface area contributed by atoms with Crippen LogP contribution in [0, 0.1) is 0 Å². The van der Waals surface area contributed by atoms with E-state index in [1.54, 1.807) is 0 Å². The Morgan fingerprint density at radius 1 is 0.905 bits per heavy atom. The van der Waals surface area contributed by atoms with Gasteiger partial charge in [-0.25, -0.2) is 4.99 Å². The first-order valence-electron chi connectivity index (χ1n) is 7.97. The second-order valence-corrected chi connectivity index (χ2v) is 5.99. The van der Waals surface area contributed by atoms with Crippen molar-refractivity contribution >= 4 is 28.5 Å². The minimum Gasteiger partial charge on any atom is -0.330 e. The quantitative estimate of drug-likeness (QED) is 0.851. The average molecular weight is 279 g/mol. The summed E-state index contributed by atoms with van der Waals surface area (Å²) in [6, 6.07) is 12.9. The van der Waals surface area contributed by atoms with Crippen LogP contribution in [0.1, 0.15) is 19.3 Å². The molecule has 0 saturated carbocycles. The van der Waals surface area contributed by atoms with E-state index in [2.05, 4.69) is 51.2 Å². The maximum Gasteiger partial charge on any atom is 0.0957 e. The maximum absolute atomic E-state index is 4.64. The molecule has 0 aliphatic carbocycles. The zero-order valence-electron chi connectivity index (χ0n) is 12.3. The van der Waals surface area contributed by atoms with Gasteiger partial charge in [0.2, 0.25) is 0 Å². The lowest BCUT2D eigenvalue weighted by atomic mass is 10.1. The van der Waals surface area contributed by atoms with E-state index in [0.29, 0.717) is 0 Å². The van der Waals surface area contributed by atoms with Crippen LogP contribution >= 0.6 is 0 Å². The zero-order chi connectivity index (χ0) is 14.1. The van der Waals surface area contributed by atoms with Crippen molar-refractivity contribution < 1.29 is 0 Å². The number of likely N-dealkylation sites (tertiary alicyclic amines) is 1. The highest BCUT2D eigenvalue weighted by Crippen LogP contribution is 2.36. The highest BCUT2D eigenvalue weighted by atomic mass is 15.2. The van der Waals surface area contributed by atoms with E-state index in [9.17, 15) is 0 Å². The molecule has 3 nitrogen and oxygen atoms in total. The summed E-state index contributed by atoms with van der Waals surface area (Å²) in [6.07, 6.45) is 6.11. The van der Waals surface area contributed by atoms with E-state index in [4.69, 9.17) is 0 Å². The fourth-order valence-electron chi connectivity index (χ4n) is 3.45. The summed E-state index contributed by atoms with van der Waals surface area (Å²) in [5.74, 6) is 0. The maximum atomic E-state index is 4.64. The minimum absolute atomic E-state index is 1.02. The van der Waals surface area contributed by atoms with Gasteiger partial charge in [0.05, 0.1) is 17.7 Å². The van der Waals surface area contributed by atoms with Crippen LogP contribution in [0.4, 0.5) is 11.4 Å². The fraction of sp³-hybridized carbons (Fsp3) is 0.389. The number of rotatable bonds is 3. The van der Waals surface area contributed by atoms with Crippen LogP contribution < -0.4 is 4.90 Å². The summed E-state index contributed by atoms with van der Waals surface area (Å²) in [5.41, 5.74) is 2.40.